The van der Waals surface area contributed by atoms with Gasteiger partial charge in [-0.2, -0.15) is 0 Å². The van der Waals surface area contributed by atoms with Crippen molar-refractivity contribution in [3.05, 3.63) is 58.7 Å². The first kappa shape index (κ1) is 17.4. The fourth-order valence-electron chi connectivity index (χ4n) is 4.17. The Morgan fingerprint density at radius 2 is 2.00 bits per heavy atom. The Balaban J connectivity index is 1.54. The fraction of sp³-hybridized carbons (Fsp3) is 0.455. The number of nitrogens with zero attached hydrogens (tertiary/aromatic N) is 1. The Kier molecular flexibility index (Phi) is 4.88. The van der Waals surface area contributed by atoms with E-state index in [4.69, 9.17) is 9.47 Å². The molecule has 0 saturated heterocycles. The maximum absolute atomic E-state index is 10.2. The van der Waals surface area contributed by atoms with Crippen LogP contribution < -0.4 is 9.47 Å². The summed E-state index contributed by atoms with van der Waals surface area (Å²) >= 11 is 0. The van der Waals surface area contributed by atoms with Gasteiger partial charge in [-0.3, -0.25) is 4.90 Å². The molecule has 0 unspecified atom stereocenters. The molecule has 138 valence electrons. The molecule has 0 bridgehead atoms. The molecule has 26 heavy (non-hydrogen) atoms. The van der Waals surface area contributed by atoms with Crippen molar-refractivity contribution < 1.29 is 14.6 Å². The molecule has 1 heterocycles. The lowest BCUT2D eigenvalue weighted by Gasteiger charge is -2.35. The van der Waals surface area contributed by atoms with Crippen LogP contribution in [0.1, 0.15) is 41.5 Å². The van der Waals surface area contributed by atoms with Crippen molar-refractivity contribution in [2.45, 2.75) is 51.3 Å². The summed E-state index contributed by atoms with van der Waals surface area (Å²) in [6.07, 6.45) is 3.75. The monoisotopic (exact) mass is 353 g/mol. The molecule has 4 rings (SSSR count). The Labute approximate surface area is 155 Å². The number of aryl methyl sites for hydroxylation is 1. The van der Waals surface area contributed by atoms with E-state index in [0.717, 1.165) is 43.7 Å². The summed E-state index contributed by atoms with van der Waals surface area (Å²) in [6, 6.07) is 12.9. The summed E-state index contributed by atoms with van der Waals surface area (Å²) in [5.41, 5.74) is 5.08. The zero-order valence-corrected chi connectivity index (χ0v) is 15.6. The van der Waals surface area contributed by atoms with Crippen molar-refractivity contribution in [1.82, 2.24) is 4.90 Å². The van der Waals surface area contributed by atoms with Gasteiger partial charge in [0, 0.05) is 18.2 Å². The van der Waals surface area contributed by atoms with Gasteiger partial charge in [0.2, 0.25) is 0 Å². The van der Waals surface area contributed by atoms with Gasteiger partial charge in [0.15, 0.2) is 0 Å². The average Bonchev–Trinajstić information content (AvgIpc) is 3.08. The number of fused-ring (bicyclic) bond motifs is 1. The first-order valence-electron chi connectivity index (χ1n) is 9.44. The third-order valence-corrected chi connectivity index (χ3v) is 5.74. The Morgan fingerprint density at radius 1 is 1.19 bits per heavy atom. The zero-order chi connectivity index (χ0) is 18.1. The second kappa shape index (κ2) is 7.29. The molecule has 2 aromatic carbocycles. The van der Waals surface area contributed by atoms with Crippen molar-refractivity contribution >= 4 is 0 Å². The predicted molar refractivity (Wildman–Crippen MR) is 102 cm³/mol. The fourth-order valence-corrected chi connectivity index (χ4v) is 4.17. The number of hydrogen-bond donors (Lipinski definition) is 1. The lowest BCUT2D eigenvalue weighted by Crippen LogP contribution is -2.44. The number of rotatable bonds is 4. The van der Waals surface area contributed by atoms with Crippen LogP contribution in [0, 0.1) is 6.92 Å². The van der Waals surface area contributed by atoms with Gasteiger partial charge in [-0.25, -0.2) is 0 Å². The number of benzene rings is 2. The molecule has 1 N–H and O–H groups in total. The van der Waals surface area contributed by atoms with E-state index < -0.39 is 0 Å². The molecule has 1 aliphatic carbocycles. The molecular weight excluding hydrogens is 326 g/mol. The van der Waals surface area contributed by atoms with Gasteiger partial charge in [0.25, 0.3) is 0 Å². The lowest BCUT2D eigenvalue weighted by molar-refractivity contribution is 0.00556. The van der Waals surface area contributed by atoms with Gasteiger partial charge in [-0.15, -0.1) is 0 Å². The van der Waals surface area contributed by atoms with Crippen molar-refractivity contribution in [2.75, 3.05) is 13.8 Å². The maximum Gasteiger partial charge on any atom is 0.142 e. The van der Waals surface area contributed by atoms with Crippen LogP contribution in [0.5, 0.6) is 11.5 Å². The third kappa shape index (κ3) is 3.44. The summed E-state index contributed by atoms with van der Waals surface area (Å²) < 4.78 is 11.3. The topological polar surface area (TPSA) is 41.9 Å². The zero-order valence-electron chi connectivity index (χ0n) is 15.6. The highest BCUT2D eigenvalue weighted by Crippen LogP contribution is 2.33. The molecule has 2 aromatic rings. The van der Waals surface area contributed by atoms with Crippen LogP contribution in [0.4, 0.5) is 0 Å². The SMILES string of the molecule is COc1ccc(Cc2cc3c(cc2C)OCN([C@H]2CCC[C@@H]2O)C3)cc1. The first-order chi connectivity index (χ1) is 12.6. The molecule has 1 aliphatic heterocycles. The van der Waals surface area contributed by atoms with Crippen LogP contribution in [-0.2, 0) is 13.0 Å². The number of aliphatic hydroxyl groups excluding tert-OH is 1. The van der Waals surface area contributed by atoms with Crippen LogP contribution in [0.15, 0.2) is 36.4 Å². The van der Waals surface area contributed by atoms with E-state index in [1.165, 1.54) is 22.3 Å². The molecular formula is C22H27NO3. The molecule has 1 saturated carbocycles. The van der Waals surface area contributed by atoms with E-state index in [0.29, 0.717) is 6.73 Å². The molecule has 4 heteroatoms. The van der Waals surface area contributed by atoms with Crippen molar-refractivity contribution in [3.8, 4) is 11.5 Å². The van der Waals surface area contributed by atoms with E-state index in [-0.39, 0.29) is 12.1 Å². The lowest BCUT2D eigenvalue weighted by atomic mass is 9.96. The van der Waals surface area contributed by atoms with Crippen molar-refractivity contribution in [2.24, 2.45) is 0 Å². The highest BCUT2D eigenvalue weighted by atomic mass is 16.5. The van der Waals surface area contributed by atoms with Gasteiger partial charge in [0.1, 0.15) is 18.2 Å². The summed E-state index contributed by atoms with van der Waals surface area (Å²) in [5, 5.41) is 10.2. The Bertz CT molecular complexity index is 772. The molecule has 0 amide bonds. The highest BCUT2D eigenvalue weighted by molar-refractivity contribution is 5.45. The van der Waals surface area contributed by atoms with Gasteiger partial charge in [-0.1, -0.05) is 18.2 Å². The quantitative estimate of drug-likeness (QED) is 0.911. The Morgan fingerprint density at radius 3 is 2.69 bits per heavy atom. The van der Waals surface area contributed by atoms with Gasteiger partial charge in [-0.05, 0) is 67.5 Å². The van der Waals surface area contributed by atoms with Crippen LogP contribution in [-0.4, -0.2) is 36.0 Å². The molecule has 4 nitrogen and oxygen atoms in total. The molecule has 1 fully saturated rings. The number of aliphatic hydroxyl groups is 1. The van der Waals surface area contributed by atoms with E-state index >= 15 is 0 Å². The largest absolute Gasteiger partial charge is 0.497 e. The summed E-state index contributed by atoms with van der Waals surface area (Å²) in [5.74, 6) is 1.87. The maximum atomic E-state index is 10.2. The molecule has 0 aromatic heterocycles. The van der Waals surface area contributed by atoms with Crippen LogP contribution >= 0.6 is 0 Å². The van der Waals surface area contributed by atoms with Crippen LogP contribution in [0.3, 0.4) is 0 Å². The van der Waals surface area contributed by atoms with E-state index in [1.807, 2.05) is 12.1 Å². The normalized spacial score (nSPS) is 22.7. The second-order valence-corrected chi connectivity index (χ2v) is 7.50. The smallest absolute Gasteiger partial charge is 0.142 e. The number of hydrogen-bond acceptors (Lipinski definition) is 4. The van der Waals surface area contributed by atoms with Gasteiger partial charge in [0.05, 0.1) is 13.2 Å². The van der Waals surface area contributed by atoms with Crippen LogP contribution in [0.25, 0.3) is 0 Å². The van der Waals surface area contributed by atoms with Gasteiger partial charge < -0.3 is 14.6 Å². The van der Waals surface area contributed by atoms with E-state index in [1.54, 1.807) is 7.11 Å². The number of methoxy groups -OCH3 is 1. The molecule has 2 aliphatic rings. The van der Waals surface area contributed by atoms with E-state index in [9.17, 15) is 5.11 Å². The van der Waals surface area contributed by atoms with E-state index in [2.05, 4.69) is 36.1 Å². The Hall–Kier alpha value is -2.04. The van der Waals surface area contributed by atoms with Gasteiger partial charge >= 0.3 is 0 Å². The molecule has 2 atom stereocenters. The number of ether oxygens (including phenoxy) is 2. The minimum atomic E-state index is -0.218. The highest BCUT2D eigenvalue weighted by Gasteiger charge is 2.33. The second-order valence-electron chi connectivity index (χ2n) is 7.50. The third-order valence-electron chi connectivity index (χ3n) is 5.74. The average molecular weight is 353 g/mol. The predicted octanol–water partition coefficient (Wildman–Crippen LogP) is 3.66. The summed E-state index contributed by atoms with van der Waals surface area (Å²) in [7, 11) is 1.69. The summed E-state index contributed by atoms with van der Waals surface area (Å²) in [4.78, 5) is 2.28. The van der Waals surface area contributed by atoms with Crippen molar-refractivity contribution in [3.63, 3.8) is 0 Å². The standard InChI is InChI=1S/C22H27NO3/c1-15-10-22-18(13-23(14-26-22)20-4-3-5-21(20)24)12-17(15)11-16-6-8-19(25-2)9-7-16/h6-10,12,20-21,24H,3-5,11,13-14H2,1-2H3/t20-,21-/m0/s1. The minimum Gasteiger partial charge on any atom is -0.497 e. The molecule has 0 spiro atoms. The minimum absolute atomic E-state index is 0.218. The summed E-state index contributed by atoms with van der Waals surface area (Å²) in [6.45, 7) is 3.58. The van der Waals surface area contributed by atoms with Crippen molar-refractivity contribution in [1.29, 1.82) is 0 Å². The first-order valence-corrected chi connectivity index (χ1v) is 9.44. The molecule has 0 radical (unpaired) electrons. The van der Waals surface area contributed by atoms with Crippen LogP contribution in [0.2, 0.25) is 0 Å².